The highest BCUT2D eigenvalue weighted by Crippen LogP contribution is 2.42. The van der Waals surface area contributed by atoms with Crippen molar-refractivity contribution in [2.75, 3.05) is 23.5 Å². The van der Waals surface area contributed by atoms with Crippen LogP contribution in [-0.2, 0) is 0 Å². The van der Waals surface area contributed by atoms with Gasteiger partial charge in [0.2, 0.25) is 0 Å². The lowest BCUT2D eigenvalue weighted by Gasteiger charge is -2.20. The maximum absolute atomic E-state index is 6.64. The van der Waals surface area contributed by atoms with Gasteiger partial charge in [0.15, 0.2) is 0 Å². The Balaban J connectivity index is 1.05. The minimum atomic E-state index is 0.748. The van der Waals surface area contributed by atoms with E-state index >= 15 is 0 Å². The van der Waals surface area contributed by atoms with Crippen LogP contribution in [0.4, 0.5) is 17.1 Å². The molecule has 6 heteroatoms. The van der Waals surface area contributed by atoms with Crippen LogP contribution >= 0.6 is 0 Å². The molecular formula is C47H32N4O2. The summed E-state index contributed by atoms with van der Waals surface area (Å²) < 4.78 is 15.4. The van der Waals surface area contributed by atoms with Crippen molar-refractivity contribution in [2.45, 2.75) is 0 Å². The number of hydrogen-bond donors (Lipinski definition) is 0. The zero-order valence-corrected chi connectivity index (χ0v) is 28.9. The van der Waals surface area contributed by atoms with Crippen LogP contribution in [0.5, 0.6) is 11.5 Å². The Morgan fingerprint density at radius 3 is 2.21 bits per heavy atom. The van der Waals surface area contributed by atoms with Crippen molar-refractivity contribution in [2.24, 2.45) is 0 Å². The molecule has 11 rings (SSSR count). The van der Waals surface area contributed by atoms with E-state index in [0.717, 1.165) is 84.4 Å². The van der Waals surface area contributed by atoms with Crippen molar-refractivity contribution in [3.8, 4) is 28.4 Å². The number of ether oxygens (including phenoxy) is 1. The number of aromatic nitrogens is 2. The first-order chi connectivity index (χ1) is 26.1. The van der Waals surface area contributed by atoms with Gasteiger partial charge in [0, 0.05) is 58.7 Å². The largest absolute Gasteiger partial charge is 0.457 e. The van der Waals surface area contributed by atoms with Crippen LogP contribution < -0.4 is 14.5 Å². The summed E-state index contributed by atoms with van der Waals surface area (Å²) in [6.45, 7) is 0.777. The number of para-hydroxylation sites is 2. The zero-order chi connectivity index (χ0) is 35.0. The van der Waals surface area contributed by atoms with Gasteiger partial charge in [-0.15, -0.1) is 0 Å². The molecule has 0 bridgehead atoms. The summed E-state index contributed by atoms with van der Waals surface area (Å²) in [6, 6.07) is 55.1. The van der Waals surface area contributed by atoms with E-state index in [-0.39, 0.29) is 0 Å². The number of nitrogens with zero attached hydrogens (tertiary/aromatic N) is 4. The Bertz CT molecular complexity index is 3050. The molecule has 0 atom stereocenters. The predicted octanol–water partition coefficient (Wildman–Crippen LogP) is 12.2. The molecular weight excluding hydrogens is 653 g/mol. The average Bonchev–Trinajstić information content (AvgIpc) is 3.85. The molecule has 0 saturated heterocycles. The molecule has 0 radical (unpaired) electrons. The number of hydrogen-bond acceptors (Lipinski definition) is 5. The number of fused-ring (bicyclic) bond motifs is 8. The number of anilines is 3. The summed E-state index contributed by atoms with van der Waals surface area (Å²) >= 11 is 0. The number of pyridine rings is 1. The second-order valence-corrected chi connectivity index (χ2v) is 13.8. The van der Waals surface area contributed by atoms with Crippen LogP contribution in [0.3, 0.4) is 0 Å². The van der Waals surface area contributed by atoms with Gasteiger partial charge >= 0.3 is 0 Å². The second kappa shape index (κ2) is 11.5. The lowest BCUT2D eigenvalue weighted by molar-refractivity contribution is 0.483. The normalized spacial score (nSPS) is 12.8. The molecule has 252 valence electrons. The highest BCUT2D eigenvalue weighted by Gasteiger charge is 2.24. The second-order valence-electron chi connectivity index (χ2n) is 13.8. The highest BCUT2D eigenvalue weighted by molar-refractivity contribution is 6.12. The maximum atomic E-state index is 6.64. The molecule has 0 N–H and O–H groups in total. The van der Waals surface area contributed by atoms with Crippen LogP contribution in [0.1, 0.15) is 0 Å². The van der Waals surface area contributed by atoms with Gasteiger partial charge in [-0.3, -0.25) is 4.57 Å². The van der Waals surface area contributed by atoms with Crippen molar-refractivity contribution in [1.82, 2.24) is 9.55 Å². The molecule has 0 spiro atoms. The predicted molar refractivity (Wildman–Crippen MR) is 217 cm³/mol. The molecule has 1 aliphatic rings. The van der Waals surface area contributed by atoms with Gasteiger partial charge in [-0.2, -0.15) is 0 Å². The van der Waals surface area contributed by atoms with Gasteiger partial charge in [0.1, 0.15) is 28.5 Å². The lowest BCUT2D eigenvalue weighted by Crippen LogP contribution is -2.23. The minimum absolute atomic E-state index is 0.748. The minimum Gasteiger partial charge on any atom is -0.457 e. The standard InChI is InChI=1S/C47H32N4O2/c1-49-29-50(43-17-8-7-16-42(43)49)34-14-9-15-35(25-34)52-36-19-20-37-38-22-33(30-10-3-2-4-11-30)18-21-41(38)51(44(37)26-36)47-27-46-40(28-48-47)39-23-31-12-5-6-13-32(31)24-45(39)53-46/h2-28H,29H2,1H3. The molecule has 0 amide bonds. The molecule has 4 heterocycles. The van der Waals surface area contributed by atoms with E-state index in [2.05, 4.69) is 173 Å². The number of benzene rings is 7. The van der Waals surface area contributed by atoms with Gasteiger partial charge < -0.3 is 19.0 Å². The van der Waals surface area contributed by atoms with E-state index < -0.39 is 0 Å². The summed E-state index contributed by atoms with van der Waals surface area (Å²) in [7, 11) is 2.12. The molecule has 0 aliphatic carbocycles. The Morgan fingerprint density at radius 2 is 1.32 bits per heavy atom. The molecule has 3 aromatic heterocycles. The first kappa shape index (κ1) is 29.7. The third-order valence-corrected chi connectivity index (χ3v) is 10.6. The van der Waals surface area contributed by atoms with E-state index in [4.69, 9.17) is 14.1 Å². The van der Waals surface area contributed by atoms with Crippen molar-refractivity contribution in [3.05, 3.63) is 164 Å². The Hall–Kier alpha value is -7.05. The van der Waals surface area contributed by atoms with E-state index in [1.807, 2.05) is 12.3 Å². The summed E-state index contributed by atoms with van der Waals surface area (Å²) in [5.41, 5.74) is 9.55. The fourth-order valence-electron chi connectivity index (χ4n) is 8.04. The van der Waals surface area contributed by atoms with Crippen molar-refractivity contribution >= 4 is 71.6 Å². The number of rotatable bonds is 5. The lowest BCUT2D eigenvalue weighted by atomic mass is 10.0. The molecule has 1 aliphatic heterocycles. The zero-order valence-electron chi connectivity index (χ0n) is 28.9. The van der Waals surface area contributed by atoms with E-state index in [1.54, 1.807) is 0 Å². The summed E-state index contributed by atoms with van der Waals surface area (Å²) in [4.78, 5) is 9.66. The fraction of sp³-hybridized carbons (Fsp3) is 0.0426. The SMILES string of the molecule is CN1CN(c2cccc(Oc3ccc4c5cc(-c6ccccc6)ccc5n(-c5cc6oc7cc8ccccc8cc7c6cn5)c4c3)c2)c2ccccc21. The van der Waals surface area contributed by atoms with E-state index in [9.17, 15) is 0 Å². The Kier molecular flexibility index (Phi) is 6.43. The third-order valence-electron chi connectivity index (χ3n) is 10.6. The summed E-state index contributed by atoms with van der Waals surface area (Å²) in [5.74, 6) is 2.30. The number of furan rings is 1. The van der Waals surface area contributed by atoms with Crippen LogP contribution in [0, 0.1) is 0 Å². The topological polar surface area (TPSA) is 46.7 Å². The third kappa shape index (κ3) is 4.76. The first-order valence-electron chi connectivity index (χ1n) is 17.9. The quantitative estimate of drug-likeness (QED) is 0.181. The van der Waals surface area contributed by atoms with Crippen molar-refractivity contribution in [1.29, 1.82) is 0 Å². The molecule has 0 unspecified atom stereocenters. The molecule has 0 fully saturated rings. The first-order valence-corrected chi connectivity index (χ1v) is 17.9. The van der Waals surface area contributed by atoms with Gasteiger partial charge in [-0.1, -0.05) is 78.9 Å². The van der Waals surface area contributed by atoms with Crippen molar-refractivity contribution < 1.29 is 9.15 Å². The van der Waals surface area contributed by atoms with Gasteiger partial charge in [0.05, 0.1) is 29.1 Å². The monoisotopic (exact) mass is 684 g/mol. The maximum Gasteiger partial charge on any atom is 0.141 e. The molecule has 53 heavy (non-hydrogen) atoms. The molecule has 10 aromatic rings. The van der Waals surface area contributed by atoms with Gasteiger partial charge in [0.25, 0.3) is 0 Å². The van der Waals surface area contributed by atoms with Crippen LogP contribution in [0.2, 0.25) is 0 Å². The smallest absolute Gasteiger partial charge is 0.141 e. The van der Waals surface area contributed by atoms with E-state index in [0.29, 0.717) is 0 Å². The molecule has 6 nitrogen and oxygen atoms in total. The van der Waals surface area contributed by atoms with Crippen molar-refractivity contribution in [3.63, 3.8) is 0 Å². The summed E-state index contributed by atoms with van der Waals surface area (Å²) in [6.07, 6.45) is 1.95. The van der Waals surface area contributed by atoms with Gasteiger partial charge in [-0.25, -0.2) is 4.98 Å². The molecule has 0 saturated carbocycles. The van der Waals surface area contributed by atoms with Crippen LogP contribution in [-0.4, -0.2) is 23.3 Å². The van der Waals surface area contributed by atoms with Gasteiger partial charge in [-0.05, 0) is 82.6 Å². The van der Waals surface area contributed by atoms with E-state index in [1.165, 1.54) is 22.3 Å². The highest BCUT2D eigenvalue weighted by atomic mass is 16.5. The Labute approximate surface area is 305 Å². The Morgan fingerprint density at radius 1 is 0.547 bits per heavy atom. The fourth-order valence-corrected chi connectivity index (χ4v) is 8.04. The molecule has 7 aromatic carbocycles. The van der Waals surface area contributed by atoms with Crippen LogP contribution in [0.15, 0.2) is 168 Å². The van der Waals surface area contributed by atoms with Crippen LogP contribution in [0.25, 0.3) is 71.5 Å². The average molecular weight is 685 g/mol. The summed E-state index contributed by atoms with van der Waals surface area (Å²) in [5, 5.41) is 6.66.